The first-order valence-electron chi connectivity index (χ1n) is 7.25. The summed E-state index contributed by atoms with van der Waals surface area (Å²) < 4.78 is 46.5. The fourth-order valence-corrected chi connectivity index (χ4v) is 2.27. The number of para-hydroxylation sites is 1. The van der Waals surface area contributed by atoms with Crippen LogP contribution in [0.25, 0.3) is 0 Å². The summed E-state index contributed by atoms with van der Waals surface area (Å²) in [5, 5.41) is 3.90. The van der Waals surface area contributed by atoms with Crippen molar-refractivity contribution >= 4 is 0 Å². The van der Waals surface area contributed by atoms with Gasteiger partial charge in [0.2, 0.25) is 5.89 Å². The SMILES string of the molecule is CN(Cc1noc(C2CC2)n1)Cc1ccccc1OC(F)(F)F. The number of hydrogen-bond donors (Lipinski definition) is 0. The summed E-state index contributed by atoms with van der Waals surface area (Å²) in [6.07, 6.45) is -2.57. The molecular formula is C15H16F3N3O2. The van der Waals surface area contributed by atoms with E-state index in [4.69, 9.17) is 4.52 Å². The monoisotopic (exact) mass is 327 g/mol. The van der Waals surface area contributed by atoms with Gasteiger partial charge in [0.05, 0.1) is 6.54 Å². The number of alkyl halides is 3. The molecule has 2 aromatic rings. The summed E-state index contributed by atoms with van der Waals surface area (Å²) in [6.45, 7) is 0.663. The Balaban J connectivity index is 1.63. The van der Waals surface area contributed by atoms with Crippen molar-refractivity contribution in [2.45, 2.75) is 38.2 Å². The van der Waals surface area contributed by atoms with Crippen molar-refractivity contribution in [3.05, 3.63) is 41.5 Å². The summed E-state index contributed by atoms with van der Waals surface area (Å²) in [6, 6.07) is 6.08. The molecular weight excluding hydrogens is 311 g/mol. The van der Waals surface area contributed by atoms with E-state index >= 15 is 0 Å². The van der Waals surface area contributed by atoms with Crippen molar-refractivity contribution in [3.63, 3.8) is 0 Å². The first-order chi connectivity index (χ1) is 10.9. The number of rotatable bonds is 6. The molecule has 23 heavy (non-hydrogen) atoms. The van der Waals surface area contributed by atoms with E-state index in [0.717, 1.165) is 12.8 Å². The summed E-state index contributed by atoms with van der Waals surface area (Å²) in [5.41, 5.74) is 0.443. The molecule has 124 valence electrons. The van der Waals surface area contributed by atoms with Crippen LogP contribution in [0.5, 0.6) is 5.75 Å². The molecule has 1 aliphatic carbocycles. The fraction of sp³-hybridized carbons (Fsp3) is 0.467. The van der Waals surface area contributed by atoms with Crippen LogP contribution in [0.4, 0.5) is 13.2 Å². The molecule has 0 atom stereocenters. The molecule has 1 aromatic heterocycles. The fourth-order valence-electron chi connectivity index (χ4n) is 2.27. The maximum atomic E-state index is 12.4. The van der Waals surface area contributed by atoms with Crippen LogP contribution >= 0.6 is 0 Å². The normalized spacial score (nSPS) is 15.2. The zero-order valence-corrected chi connectivity index (χ0v) is 12.5. The molecule has 0 unspecified atom stereocenters. The first kappa shape index (κ1) is 15.8. The first-order valence-corrected chi connectivity index (χ1v) is 7.25. The van der Waals surface area contributed by atoms with E-state index in [1.165, 1.54) is 12.1 Å². The van der Waals surface area contributed by atoms with Crippen LogP contribution in [-0.4, -0.2) is 28.5 Å². The highest BCUT2D eigenvalue weighted by Crippen LogP contribution is 2.38. The summed E-state index contributed by atoms with van der Waals surface area (Å²) in [7, 11) is 1.78. The Bertz CT molecular complexity index is 668. The van der Waals surface area contributed by atoms with Gasteiger partial charge in [-0.2, -0.15) is 4.98 Å². The second kappa shape index (κ2) is 6.19. The van der Waals surface area contributed by atoms with Crippen molar-refractivity contribution in [3.8, 4) is 5.75 Å². The van der Waals surface area contributed by atoms with Crippen LogP contribution < -0.4 is 4.74 Å². The summed E-state index contributed by atoms with van der Waals surface area (Å²) in [5.74, 6) is 1.36. The number of halogens is 3. The standard InChI is InChI=1S/C15H16F3N3O2/c1-21(9-13-19-14(23-20-13)10-6-7-10)8-11-4-2-3-5-12(11)22-15(16,17)18/h2-5,10H,6-9H2,1H3. The van der Waals surface area contributed by atoms with Gasteiger partial charge in [-0.15, -0.1) is 13.2 Å². The lowest BCUT2D eigenvalue weighted by molar-refractivity contribution is -0.275. The van der Waals surface area contributed by atoms with Crippen LogP contribution in [0.3, 0.4) is 0 Å². The van der Waals surface area contributed by atoms with E-state index in [1.54, 1.807) is 24.1 Å². The average Bonchev–Trinajstić information content (AvgIpc) is 3.20. The van der Waals surface area contributed by atoms with Crippen molar-refractivity contribution in [1.82, 2.24) is 15.0 Å². The molecule has 1 aliphatic rings. The third-order valence-corrected chi connectivity index (χ3v) is 3.46. The minimum atomic E-state index is -4.71. The maximum Gasteiger partial charge on any atom is 0.573 e. The van der Waals surface area contributed by atoms with Crippen molar-refractivity contribution in [2.24, 2.45) is 0 Å². The van der Waals surface area contributed by atoms with E-state index in [-0.39, 0.29) is 12.3 Å². The van der Waals surface area contributed by atoms with Crippen LogP contribution in [0.2, 0.25) is 0 Å². The van der Waals surface area contributed by atoms with Gasteiger partial charge in [0, 0.05) is 18.0 Å². The van der Waals surface area contributed by atoms with Crippen LogP contribution in [0, 0.1) is 0 Å². The van der Waals surface area contributed by atoms with Gasteiger partial charge in [-0.05, 0) is 26.0 Å². The highest BCUT2D eigenvalue weighted by molar-refractivity contribution is 5.33. The van der Waals surface area contributed by atoms with E-state index in [0.29, 0.717) is 29.7 Å². The van der Waals surface area contributed by atoms with E-state index in [1.807, 2.05) is 0 Å². The molecule has 5 nitrogen and oxygen atoms in total. The summed E-state index contributed by atoms with van der Waals surface area (Å²) >= 11 is 0. The number of nitrogens with zero attached hydrogens (tertiary/aromatic N) is 3. The summed E-state index contributed by atoms with van der Waals surface area (Å²) in [4.78, 5) is 6.11. The molecule has 3 rings (SSSR count). The molecule has 0 aliphatic heterocycles. The molecule has 1 fully saturated rings. The van der Waals surface area contributed by atoms with Crippen molar-refractivity contribution in [1.29, 1.82) is 0 Å². The Hall–Kier alpha value is -2.09. The number of hydrogen-bond acceptors (Lipinski definition) is 5. The van der Waals surface area contributed by atoms with Gasteiger partial charge in [-0.25, -0.2) is 0 Å². The van der Waals surface area contributed by atoms with Crippen molar-refractivity contribution in [2.75, 3.05) is 7.05 Å². The Morgan fingerprint density at radius 3 is 2.70 bits per heavy atom. The Kier molecular flexibility index (Phi) is 4.25. The van der Waals surface area contributed by atoms with Gasteiger partial charge in [0.15, 0.2) is 5.82 Å². The minimum absolute atomic E-state index is 0.196. The topological polar surface area (TPSA) is 51.4 Å². The number of benzene rings is 1. The van der Waals surface area contributed by atoms with E-state index < -0.39 is 6.36 Å². The molecule has 0 N–H and O–H groups in total. The lowest BCUT2D eigenvalue weighted by Crippen LogP contribution is -2.21. The van der Waals surface area contributed by atoms with Crippen molar-refractivity contribution < 1.29 is 22.4 Å². The Morgan fingerprint density at radius 1 is 1.26 bits per heavy atom. The van der Waals surface area contributed by atoms with Crippen LogP contribution in [-0.2, 0) is 13.1 Å². The third kappa shape index (κ3) is 4.44. The molecule has 1 aromatic carbocycles. The maximum absolute atomic E-state index is 12.4. The molecule has 0 amide bonds. The van der Waals surface area contributed by atoms with E-state index in [2.05, 4.69) is 14.9 Å². The number of ether oxygens (including phenoxy) is 1. The highest BCUT2D eigenvalue weighted by atomic mass is 19.4. The zero-order valence-electron chi connectivity index (χ0n) is 12.5. The second-order valence-electron chi connectivity index (χ2n) is 5.65. The predicted octanol–water partition coefficient (Wildman–Crippen LogP) is 3.48. The molecule has 1 heterocycles. The predicted molar refractivity (Wildman–Crippen MR) is 74.6 cm³/mol. The minimum Gasteiger partial charge on any atom is -0.405 e. The van der Waals surface area contributed by atoms with Gasteiger partial charge < -0.3 is 9.26 Å². The third-order valence-electron chi connectivity index (χ3n) is 3.46. The lowest BCUT2D eigenvalue weighted by Gasteiger charge is -2.18. The van der Waals surface area contributed by atoms with E-state index in [9.17, 15) is 13.2 Å². The lowest BCUT2D eigenvalue weighted by atomic mass is 10.2. The molecule has 0 radical (unpaired) electrons. The van der Waals surface area contributed by atoms with Gasteiger partial charge in [0.1, 0.15) is 5.75 Å². The smallest absolute Gasteiger partial charge is 0.405 e. The highest BCUT2D eigenvalue weighted by Gasteiger charge is 2.32. The average molecular weight is 327 g/mol. The van der Waals surface area contributed by atoms with Gasteiger partial charge >= 0.3 is 6.36 Å². The molecule has 0 bridgehead atoms. The zero-order chi connectivity index (χ0) is 16.4. The number of aromatic nitrogens is 2. The molecule has 8 heteroatoms. The molecule has 0 saturated heterocycles. The largest absolute Gasteiger partial charge is 0.573 e. The quantitative estimate of drug-likeness (QED) is 0.813. The molecule has 1 saturated carbocycles. The second-order valence-corrected chi connectivity index (χ2v) is 5.65. The molecule has 0 spiro atoms. The van der Waals surface area contributed by atoms with Gasteiger partial charge in [-0.3, -0.25) is 4.90 Å². The van der Waals surface area contributed by atoms with Gasteiger partial charge in [0.25, 0.3) is 0 Å². The Morgan fingerprint density at radius 2 is 2.00 bits per heavy atom. The Labute approximate surface area is 131 Å². The van der Waals surface area contributed by atoms with Gasteiger partial charge in [-0.1, -0.05) is 23.4 Å². The van der Waals surface area contributed by atoms with Crippen LogP contribution in [0.15, 0.2) is 28.8 Å². The van der Waals surface area contributed by atoms with Crippen LogP contribution in [0.1, 0.15) is 36.0 Å².